The number of amides is 1. The number of carbonyl (C=O) groups is 1. The van der Waals surface area contributed by atoms with Crippen LogP contribution in [0.5, 0.6) is 0 Å². The van der Waals surface area contributed by atoms with Crippen molar-refractivity contribution >= 4 is 16.8 Å². The molecule has 0 unspecified atom stereocenters. The van der Waals surface area contributed by atoms with E-state index in [2.05, 4.69) is 45.5 Å². The smallest absolute Gasteiger partial charge is 0.270 e. The number of likely N-dealkylation sites (tertiary alicyclic amines) is 1. The van der Waals surface area contributed by atoms with Crippen molar-refractivity contribution in [3.8, 4) is 0 Å². The van der Waals surface area contributed by atoms with Crippen molar-refractivity contribution in [3.63, 3.8) is 0 Å². The van der Waals surface area contributed by atoms with Crippen molar-refractivity contribution < 1.29 is 4.79 Å². The molecule has 0 aliphatic carbocycles. The normalized spacial score (nSPS) is 18.2. The topological polar surface area (TPSA) is 90.6 Å². The minimum Gasteiger partial charge on any atom is -0.351 e. The molecule has 2 N–H and O–H groups in total. The summed E-state index contributed by atoms with van der Waals surface area (Å²) in [5.41, 5.74) is 4.10. The Labute approximate surface area is 139 Å². The first-order valence-electron chi connectivity index (χ1n) is 8.25. The number of hydrogen-bond acceptors (Lipinski definition) is 4. The summed E-state index contributed by atoms with van der Waals surface area (Å²) >= 11 is 0. The quantitative estimate of drug-likeness (QED) is 0.757. The third kappa shape index (κ3) is 2.46. The number of carbonyl (C=O) groups excluding carboxylic acids is 1. The van der Waals surface area contributed by atoms with Gasteiger partial charge in [0, 0.05) is 29.9 Å². The fourth-order valence-electron chi connectivity index (χ4n) is 3.46. The molecule has 4 rings (SSSR count). The lowest BCUT2D eigenvalue weighted by molar-refractivity contribution is 0.0699. The molecule has 1 fully saturated rings. The largest absolute Gasteiger partial charge is 0.351 e. The van der Waals surface area contributed by atoms with Crippen LogP contribution < -0.4 is 0 Å². The van der Waals surface area contributed by atoms with E-state index in [1.165, 1.54) is 11.1 Å². The predicted octanol–water partition coefficient (Wildman–Crippen LogP) is 2.32. The second-order valence-corrected chi connectivity index (χ2v) is 6.51. The molecule has 1 aromatic carbocycles. The molecular weight excluding hydrogens is 304 g/mol. The second kappa shape index (κ2) is 5.74. The molecule has 24 heavy (non-hydrogen) atoms. The molecule has 0 radical (unpaired) electrons. The lowest BCUT2D eigenvalue weighted by Gasteiger charge is -2.30. The van der Waals surface area contributed by atoms with Gasteiger partial charge >= 0.3 is 0 Å². The lowest BCUT2D eigenvalue weighted by atomic mass is 9.97. The molecule has 1 atom stereocenters. The van der Waals surface area contributed by atoms with E-state index in [0.29, 0.717) is 18.1 Å². The first-order chi connectivity index (χ1) is 11.6. The molecule has 7 heteroatoms. The minimum atomic E-state index is 0.0384. The molecule has 7 nitrogen and oxygen atoms in total. The maximum absolute atomic E-state index is 12.9. The van der Waals surface area contributed by atoms with Crippen molar-refractivity contribution in [1.29, 1.82) is 0 Å². The van der Waals surface area contributed by atoms with E-state index in [0.717, 1.165) is 30.3 Å². The van der Waals surface area contributed by atoms with Gasteiger partial charge in [0.05, 0.1) is 0 Å². The van der Waals surface area contributed by atoms with Crippen LogP contribution in [0.3, 0.4) is 0 Å². The van der Waals surface area contributed by atoms with E-state index in [9.17, 15) is 4.79 Å². The SMILES string of the molecule is Cc1ccc2[nH]c(C(=O)N3CCC[C@H](c4nn[nH]n4)C3)cc2c1C. The average Bonchev–Trinajstić information content (AvgIpc) is 3.27. The Balaban J connectivity index is 1.60. The molecule has 2 aromatic heterocycles. The van der Waals surface area contributed by atoms with Gasteiger partial charge in [0.15, 0.2) is 5.82 Å². The van der Waals surface area contributed by atoms with Gasteiger partial charge in [-0.05, 0) is 49.9 Å². The highest BCUT2D eigenvalue weighted by molar-refractivity contribution is 5.99. The van der Waals surface area contributed by atoms with E-state index in [1.54, 1.807) is 0 Å². The molecule has 0 spiro atoms. The van der Waals surface area contributed by atoms with Gasteiger partial charge < -0.3 is 9.88 Å². The van der Waals surface area contributed by atoms with Gasteiger partial charge in [0.25, 0.3) is 5.91 Å². The van der Waals surface area contributed by atoms with Crippen LogP contribution in [-0.4, -0.2) is 49.5 Å². The fourth-order valence-corrected chi connectivity index (χ4v) is 3.46. The number of rotatable bonds is 2. The highest BCUT2D eigenvalue weighted by Gasteiger charge is 2.28. The number of piperidine rings is 1. The van der Waals surface area contributed by atoms with Crippen molar-refractivity contribution in [2.75, 3.05) is 13.1 Å². The van der Waals surface area contributed by atoms with Crippen LogP contribution in [0.1, 0.15) is 46.2 Å². The van der Waals surface area contributed by atoms with Gasteiger partial charge in [-0.25, -0.2) is 0 Å². The molecule has 1 aliphatic heterocycles. The summed E-state index contributed by atoms with van der Waals surface area (Å²) in [6.45, 7) is 5.57. The maximum atomic E-state index is 12.9. The highest BCUT2D eigenvalue weighted by Crippen LogP contribution is 2.27. The number of benzene rings is 1. The predicted molar refractivity (Wildman–Crippen MR) is 89.8 cm³/mol. The zero-order chi connectivity index (χ0) is 16.7. The van der Waals surface area contributed by atoms with E-state index in [-0.39, 0.29) is 11.8 Å². The molecule has 1 amide bonds. The van der Waals surface area contributed by atoms with E-state index < -0.39 is 0 Å². The monoisotopic (exact) mass is 324 g/mol. The number of aromatic amines is 2. The lowest BCUT2D eigenvalue weighted by Crippen LogP contribution is -2.39. The Morgan fingerprint density at radius 1 is 1.33 bits per heavy atom. The summed E-state index contributed by atoms with van der Waals surface area (Å²) in [6.07, 6.45) is 1.93. The number of fused-ring (bicyclic) bond motifs is 1. The summed E-state index contributed by atoms with van der Waals surface area (Å²) < 4.78 is 0. The molecule has 124 valence electrons. The Kier molecular flexibility index (Phi) is 3.55. The maximum Gasteiger partial charge on any atom is 0.270 e. The summed E-state index contributed by atoms with van der Waals surface area (Å²) in [5.74, 6) is 0.877. The number of aryl methyl sites for hydroxylation is 2. The Hall–Kier alpha value is -2.70. The molecule has 0 bridgehead atoms. The van der Waals surface area contributed by atoms with Crippen molar-refractivity contribution in [2.24, 2.45) is 0 Å². The summed E-state index contributed by atoms with van der Waals surface area (Å²) in [7, 11) is 0. The van der Waals surface area contributed by atoms with Gasteiger partial charge in [-0.15, -0.1) is 10.2 Å². The average molecular weight is 324 g/mol. The standard InChI is InChI=1S/C17H20N6O/c1-10-5-6-14-13(11(10)2)8-15(18-14)17(24)23-7-3-4-12(9-23)16-19-21-22-20-16/h5-6,8,12,18H,3-4,7,9H2,1-2H3,(H,19,20,21,22)/t12-/m0/s1. The van der Waals surface area contributed by atoms with Gasteiger partial charge in [-0.1, -0.05) is 11.3 Å². The van der Waals surface area contributed by atoms with Gasteiger partial charge in [-0.3, -0.25) is 4.79 Å². The number of nitrogens with zero attached hydrogens (tertiary/aromatic N) is 4. The van der Waals surface area contributed by atoms with Crippen LogP contribution in [-0.2, 0) is 0 Å². The summed E-state index contributed by atoms with van der Waals surface area (Å²) in [5, 5.41) is 15.4. The number of tetrazole rings is 1. The van der Waals surface area contributed by atoms with Crippen molar-refractivity contribution in [3.05, 3.63) is 40.8 Å². The minimum absolute atomic E-state index is 0.0384. The van der Waals surface area contributed by atoms with Crippen LogP contribution in [0.2, 0.25) is 0 Å². The third-order valence-corrected chi connectivity index (χ3v) is 5.01. The van der Waals surface area contributed by atoms with Gasteiger partial charge in [0.1, 0.15) is 5.69 Å². The van der Waals surface area contributed by atoms with Gasteiger partial charge in [-0.2, -0.15) is 5.21 Å². The van der Waals surface area contributed by atoms with Crippen molar-refractivity contribution in [2.45, 2.75) is 32.6 Å². The Bertz CT molecular complexity index is 882. The Morgan fingerprint density at radius 3 is 3.00 bits per heavy atom. The number of aromatic nitrogens is 5. The van der Waals surface area contributed by atoms with E-state index >= 15 is 0 Å². The van der Waals surface area contributed by atoms with Crippen LogP contribution in [0.4, 0.5) is 0 Å². The van der Waals surface area contributed by atoms with Crippen LogP contribution in [0.25, 0.3) is 10.9 Å². The molecule has 3 aromatic rings. The molecule has 0 saturated carbocycles. The summed E-state index contributed by atoms with van der Waals surface area (Å²) in [6, 6.07) is 6.08. The molecule has 1 aliphatic rings. The number of hydrogen-bond donors (Lipinski definition) is 2. The molecule has 3 heterocycles. The van der Waals surface area contributed by atoms with Crippen LogP contribution in [0, 0.1) is 13.8 Å². The fraction of sp³-hybridized carbons (Fsp3) is 0.412. The first-order valence-corrected chi connectivity index (χ1v) is 8.25. The van der Waals surface area contributed by atoms with Crippen LogP contribution >= 0.6 is 0 Å². The Morgan fingerprint density at radius 2 is 2.21 bits per heavy atom. The number of nitrogens with one attached hydrogen (secondary N) is 2. The molecular formula is C17H20N6O. The second-order valence-electron chi connectivity index (χ2n) is 6.51. The number of H-pyrrole nitrogens is 2. The third-order valence-electron chi connectivity index (χ3n) is 5.01. The van der Waals surface area contributed by atoms with Crippen LogP contribution in [0.15, 0.2) is 18.2 Å². The molecule has 1 saturated heterocycles. The zero-order valence-electron chi connectivity index (χ0n) is 13.8. The van der Waals surface area contributed by atoms with Gasteiger partial charge in [0.2, 0.25) is 0 Å². The van der Waals surface area contributed by atoms with Crippen molar-refractivity contribution in [1.82, 2.24) is 30.5 Å². The van der Waals surface area contributed by atoms with E-state index in [4.69, 9.17) is 0 Å². The first kappa shape index (κ1) is 14.9. The highest BCUT2D eigenvalue weighted by atomic mass is 16.2. The summed E-state index contributed by atoms with van der Waals surface area (Å²) in [4.78, 5) is 18.1. The van der Waals surface area contributed by atoms with E-state index in [1.807, 2.05) is 17.0 Å². The zero-order valence-corrected chi connectivity index (χ0v) is 13.8.